The van der Waals surface area contributed by atoms with E-state index in [1.807, 2.05) is 105 Å². The third-order valence-electron chi connectivity index (χ3n) is 6.68. The molecule has 6 heteroatoms. The average Bonchev–Trinajstić information content (AvgIpc) is 2.93. The van der Waals surface area contributed by atoms with E-state index in [-0.39, 0.29) is 12.5 Å². The second-order valence-corrected chi connectivity index (χ2v) is 9.89. The first-order valence-corrected chi connectivity index (χ1v) is 13.0. The molecule has 37 heavy (non-hydrogen) atoms. The van der Waals surface area contributed by atoms with Crippen molar-refractivity contribution in [3.63, 3.8) is 0 Å². The minimum Gasteiger partial charge on any atom is -0.390 e. The van der Waals surface area contributed by atoms with Gasteiger partial charge in [0.1, 0.15) is 30.5 Å². The normalized spacial score (nSPS) is 24.7. The Balaban J connectivity index is 1.55. The molecular weight excluding hydrogens is 468 g/mol. The molecule has 0 aliphatic carbocycles. The van der Waals surface area contributed by atoms with Crippen molar-refractivity contribution < 1.29 is 29.2 Å². The summed E-state index contributed by atoms with van der Waals surface area (Å²) in [5.41, 5.74) is 3.05. The maximum atomic E-state index is 11.4. The maximum absolute atomic E-state index is 11.4. The van der Waals surface area contributed by atoms with Crippen molar-refractivity contribution in [3.8, 4) is 0 Å². The van der Waals surface area contributed by atoms with E-state index >= 15 is 0 Å². The van der Waals surface area contributed by atoms with Gasteiger partial charge in [0.05, 0.1) is 32.5 Å². The predicted molar refractivity (Wildman–Crippen MR) is 142 cm³/mol. The van der Waals surface area contributed by atoms with Crippen molar-refractivity contribution in [1.29, 1.82) is 0 Å². The number of benzene rings is 3. The highest BCUT2D eigenvalue weighted by Crippen LogP contribution is 2.31. The van der Waals surface area contributed by atoms with Gasteiger partial charge in [0.25, 0.3) is 0 Å². The van der Waals surface area contributed by atoms with E-state index in [1.165, 1.54) is 0 Å². The second-order valence-electron chi connectivity index (χ2n) is 9.89. The quantitative estimate of drug-likeness (QED) is 0.376. The number of rotatable bonds is 12. The summed E-state index contributed by atoms with van der Waals surface area (Å²) in [7, 11) is 0. The molecule has 2 N–H and O–H groups in total. The molecule has 4 rings (SSSR count). The minimum absolute atomic E-state index is 0.109. The van der Waals surface area contributed by atoms with Crippen LogP contribution in [0.5, 0.6) is 0 Å². The van der Waals surface area contributed by atoms with Crippen molar-refractivity contribution in [3.05, 3.63) is 108 Å². The molecule has 6 atom stereocenters. The zero-order valence-corrected chi connectivity index (χ0v) is 21.6. The van der Waals surface area contributed by atoms with Crippen LogP contribution in [0.1, 0.15) is 30.5 Å². The van der Waals surface area contributed by atoms with Gasteiger partial charge in [-0.3, -0.25) is 0 Å². The van der Waals surface area contributed by atoms with Gasteiger partial charge in [0.2, 0.25) is 0 Å². The summed E-state index contributed by atoms with van der Waals surface area (Å²) >= 11 is 0. The van der Waals surface area contributed by atoms with Crippen molar-refractivity contribution in [2.24, 2.45) is 5.92 Å². The van der Waals surface area contributed by atoms with Gasteiger partial charge in [-0.05, 0) is 22.6 Å². The fraction of sp³-hybridized carbons (Fsp3) is 0.419. The SMILES string of the molecule is CC(C)C(O)[C@H]1O[C@H](COCc2ccccc2)[C@@H](OCc2ccccc2)[C@H](OCc2ccccc2)[C@@H]1O. The first-order valence-electron chi connectivity index (χ1n) is 13.0. The summed E-state index contributed by atoms with van der Waals surface area (Å²) in [6.07, 6.45) is -4.65. The van der Waals surface area contributed by atoms with Crippen LogP contribution in [-0.2, 0) is 38.8 Å². The van der Waals surface area contributed by atoms with E-state index < -0.39 is 36.6 Å². The van der Waals surface area contributed by atoms with Gasteiger partial charge in [-0.25, -0.2) is 0 Å². The van der Waals surface area contributed by atoms with E-state index in [4.69, 9.17) is 18.9 Å². The summed E-state index contributed by atoms with van der Waals surface area (Å²) in [4.78, 5) is 0. The molecule has 0 saturated carbocycles. The molecule has 1 heterocycles. The molecule has 0 amide bonds. The lowest BCUT2D eigenvalue weighted by atomic mass is 9.88. The smallest absolute Gasteiger partial charge is 0.115 e. The summed E-state index contributed by atoms with van der Waals surface area (Å²) in [6, 6.07) is 29.6. The Morgan fingerprint density at radius 1 is 0.703 bits per heavy atom. The van der Waals surface area contributed by atoms with E-state index in [2.05, 4.69) is 0 Å². The van der Waals surface area contributed by atoms with Gasteiger partial charge < -0.3 is 29.2 Å². The number of hydrogen-bond acceptors (Lipinski definition) is 6. The van der Waals surface area contributed by atoms with Crippen molar-refractivity contribution in [2.45, 2.75) is 70.3 Å². The van der Waals surface area contributed by atoms with Crippen LogP contribution in [0.15, 0.2) is 91.0 Å². The van der Waals surface area contributed by atoms with Gasteiger partial charge in [0, 0.05) is 0 Å². The summed E-state index contributed by atoms with van der Waals surface area (Å²) in [5.74, 6) is -0.109. The third kappa shape index (κ3) is 7.71. The maximum Gasteiger partial charge on any atom is 0.115 e. The van der Waals surface area contributed by atoms with Gasteiger partial charge in [-0.15, -0.1) is 0 Å². The summed E-state index contributed by atoms with van der Waals surface area (Å²) in [6.45, 7) is 5.09. The number of aliphatic hydroxyl groups is 2. The molecule has 0 spiro atoms. The molecule has 3 aromatic rings. The Morgan fingerprint density at radius 3 is 1.65 bits per heavy atom. The van der Waals surface area contributed by atoms with Gasteiger partial charge >= 0.3 is 0 Å². The lowest BCUT2D eigenvalue weighted by Gasteiger charge is -2.46. The standard InChI is InChI=1S/C31H38O6/c1-22(2)27(32)30-28(33)31(36-20-25-16-10-5-11-17-25)29(35-19-24-14-8-4-9-15-24)26(37-30)21-34-18-23-12-6-3-7-13-23/h3-17,22,26-33H,18-21H2,1-2H3/t26-,27?,28-,29-,30-,31-/m1/s1. The zero-order chi connectivity index (χ0) is 26.0. The molecule has 0 radical (unpaired) electrons. The molecule has 198 valence electrons. The summed E-state index contributed by atoms with van der Waals surface area (Å²) < 4.78 is 25.1. The largest absolute Gasteiger partial charge is 0.390 e. The number of hydrogen-bond donors (Lipinski definition) is 2. The lowest BCUT2D eigenvalue weighted by molar-refractivity contribution is -0.278. The fourth-order valence-corrected chi connectivity index (χ4v) is 4.54. The highest BCUT2D eigenvalue weighted by atomic mass is 16.6. The average molecular weight is 507 g/mol. The first-order chi connectivity index (χ1) is 18.0. The van der Waals surface area contributed by atoms with Gasteiger partial charge in [-0.2, -0.15) is 0 Å². The van der Waals surface area contributed by atoms with Crippen LogP contribution in [-0.4, -0.2) is 53.4 Å². The Kier molecular flexibility index (Phi) is 10.3. The van der Waals surface area contributed by atoms with E-state index in [0.717, 1.165) is 16.7 Å². The van der Waals surface area contributed by atoms with E-state index in [0.29, 0.717) is 19.8 Å². The van der Waals surface area contributed by atoms with Crippen LogP contribution in [0.4, 0.5) is 0 Å². The van der Waals surface area contributed by atoms with Crippen LogP contribution < -0.4 is 0 Å². The molecule has 1 unspecified atom stereocenters. The Bertz CT molecular complexity index is 1030. The van der Waals surface area contributed by atoms with Crippen LogP contribution in [0.2, 0.25) is 0 Å². The van der Waals surface area contributed by atoms with Gasteiger partial charge in [-0.1, -0.05) is 105 Å². The van der Waals surface area contributed by atoms with Gasteiger partial charge in [0.15, 0.2) is 0 Å². The summed E-state index contributed by atoms with van der Waals surface area (Å²) in [5, 5.41) is 22.3. The van der Waals surface area contributed by atoms with Crippen molar-refractivity contribution >= 4 is 0 Å². The van der Waals surface area contributed by atoms with E-state index in [9.17, 15) is 10.2 Å². The number of aliphatic hydroxyl groups excluding tert-OH is 2. The van der Waals surface area contributed by atoms with E-state index in [1.54, 1.807) is 0 Å². The Labute approximate surface area is 219 Å². The Morgan fingerprint density at radius 2 is 1.16 bits per heavy atom. The molecule has 3 aromatic carbocycles. The van der Waals surface area contributed by atoms with Crippen LogP contribution in [0.25, 0.3) is 0 Å². The van der Waals surface area contributed by atoms with Crippen LogP contribution in [0.3, 0.4) is 0 Å². The zero-order valence-electron chi connectivity index (χ0n) is 21.6. The molecule has 1 fully saturated rings. The molecule has 1 aliphatic heterocycles. The topological polar surface area (TPSA) is 77.4 Å². The van der Waals surface area contributed by atoms with Crippen LogP contribution >= 0.6 is 0 Å². The molecule has 1 saturated heterocycles. The number of ether oxygens (including phenoxy) is 4. The van der Waals surface area contributed by atoms with Crippen LogP contribution in [0, 0.1) is 5.92 Å². The highest BCUT2D eigenvalue weighted by Gasteiger charge is 2.49. The lowest BCUT2D eigenvalue weighted by Crippen LogP contribution is -2.63. The molecule has 1 aliphatic rings. The molecule has 0 bridgehead atoms. The minimum atomic E-state index is -1.08. The Hall–Kier alpha value is -2.58. The molecule has 6 nitrogen and oxygen atoms in total. The highest BCUT2D eigenvalue weighted by molar-refractivity contribution is 5.15. The second kappa shape index (κ2) is 13.8. The van der Waals surface area contributed by atoms with Crippen molar-refractivity contribution in [1.82, 2.24) is 0 Å². The first kappa shape index (κ1) is 27.5. The molecular formula is C31H38O6. The third-order valence-corrected chi connectivity index (χ3v) is 6.68. The predicted octanol–water partition coefficient (Wildman–Crippen LogP) is 4.52. The monoisotopic (exact) mass is 506 g/mol. The molecule has 0 aromatic heterocycles. The van der Waals surface area contributed by atoms with Crippen molar-refractivity contribution in [2.75, 3.05) is 6.61 Å². The fourth-order valence-electron chi connectivity index (χ4n) is 4.54.